The highest BCUT2D eigenvalue weighted by atomic mass is 32.2. The van der Waals surface area contributed by atoms with E-state index in [-0.39, 0.29) is 63.1 Å². The maximum atomic E-state index is 14.4. The number of hydrogen-bond donors (Lipinski definition) is 15. The number of benzene rings is 2. The van der Waals surface area contributed by atoms with E-state index in [9.17, 15) is 67.7 Å². The van der Waals surface area contributed by atoms with Crippen molar-refractivity contribution in [3.63, 3.8) is 0 Å². The SMILES string of the molecule is CSCC[C@H](NC(=O)CNC(=O)[C@H](Cc1ccc(O)cc1)NC(=O)[C@H](CO)NC(=O)[C@H](Cc1c[nH]c2ccccc12)NC(=O)[C@H](Cc1cnc[nH]1)NC(=O)[C@@H]1CCC(=O)N1)C(=O)N[C@@H](CC(N)=O)C(=O)N1CCC[C@H]1C(=O)NCC(N)=O. The number of nitrogens with zero attached hydrogens (tertiary/aromatic N) is 2. The van der Waals surface area contributed by atoms with Crippen molar-refractivity contribution in [2.75, 3.05) is 38.2 Å². The Labute approximate surface area is 473 Å². The second-order valence-corrected chi connectivity index (χ2v) is 20.5. The number of rotatable bonds is 30. The van der Waals surface area contributed by atoms with E-state index in [0.717, 1.165) is 4.90 Å². The summed E-state index contributed by atoms with van der Waals surface area (Å²) in [7, 11) is 0. The van der Waals surface area contributed by atoms with Crippen LogP contribution in [0.25, 0.3) is 10.9 Å². The lowest BCUT2D eigenvalue weighted by Crippen LogP contribution is -2.60. The van der Waals surface area contributed by atoms with Crippen LogP contribution < -0.4 is 59.3 Å². The number of nitrogens with one attached hydrogen (secondary N) is 11. The predicted octanol–water partition coefficient (Wildman–Crippen LogP) is -4.86. The van der Waals surface area contributed by atoms with E-state index in [2.05, 4.69) is 62.8 Å². The quantitative estimate of drug-likeness (QED) is 0.0233. The van der Waals surface area contributed by atoms with Crippen LogP contribution >= 0.6 is 11.8 Å². The van der Waals surface area contributed by atoms with E-state index in [1.165, 1.54) is 48.6 Å². The number of aromatic nitrogens is 3. The summed E-state index contributed by atoms with van der Waals surface area (Å²) < 4.78 is 0. The van der Waals surface area contributed by atoms with Gasteiger partial charge in [-0.15, -0.1) is 0 Å². The molecule has 6 rings (SSSR count). The number of amides is 12. The molecular weight excluding hydrogens is 1090 g/mol. The molecule has 2 aliphatic rings. The van der Waals surface area contributed by atoms with E-state index < -0.39 is 139 Å². The highest BCUT2D eigenvalue weighted by molar-refractivity contribution is 7.98. The average molecular weight is 1160 g/mol. The maximum absolute atomic E-state index is 14.4. The molecule has 0 saturated carbocycles. The van der Waals surface area contributed by atoms with Gasteiger partial charge in [0.15, 0.2) is 0 Å². The number of hydrogen-bond acceptors (Lipinski definition) is 16. The van der Waals surface area contributed by atoms with Crippen molar-refractivity contribution in [1.29, 1.82) is 0 Å². The molecule has 2 aliphatic heterocycles. The third kappa shape index (κ3) is 18.0. The Kier molecular flexibility index (Phi) is 22.7. The molecule has 0 unspecified atom stereocenters. The summed E-state index contributed by atoms with van der Waals surface area (Å²) in [5.41, 5.74) is 12.7. The zero-order chi connectivity index (χ0) is 59.5. The number of phenolic OH excluding ortho intramolecular Hbond substituents is 1. The number of fused-ring (bicyclic) bond motifs is 1. The fraction of sp³-hybridized carbons (Fsp3) is 0.442. The summed E-state index contributed by atoms with van der Waals surface area (Å²) >= 11 is 1.32. The Balaban J connectivity index is 1.15. The number of likely N-dealkylation sites (tertiary alicyclic amines) is 1. The molecule has 30 heteroatoms. The largest absolute Gasteiger partial charge is 0.508 e. The van der Waals surface area contributed by atoms with E-state index >= 15 is 0 Å². The number of aliphatic hydroxyl groups is 1. The van der Waals surface area contributed by atoms with Crippen LogP contribution in [0, 0.1) is 0 Å². The Bertz CT molecular complexity index is 2980. The number of aliphatic hydroxyl groups excluding tert-OH is 1. The molecule has 0 aliphatic carbocycles. The minimum Gasteiger partial charge on any atom is -0.508 e. The van der Waals surface area contributed by atoms with Crippen LogP contribution in [-0.2, 0) is 76.8 Å². The summed E-state index contributed by atoms with van der Waals surface area (Å²) in [5, 5.41) is 43.8. The Morgan fingerprint density at radius 2 is 1.38 bits per heavy atom. The number of para-hydroxylation sites is 1. The van der Waals surface area contributed by atoms with Crippen molar-refractivity contribution in [2.45, 2.75) is 106 Å². The van der Waals surface area contributed by atoms with Crippen molar-refractivity contribution in [3.05, 3.63) is 84.1 Å². The lowest BCUT2D eigenvalue weighted by Gasteiger charge is -2.29. The number of H-pyrrole nitrogens is 2. The van der Waals surface area contributed by atoms with Crippen molar-refractivity contribution in [3.8, 4) is 5.75 Å². The van der Waals surface area contributed by atoms with Crippen LogP contribution in [0.15, 0.2) is 67.3 Å². The first-order chi connectivity index (χ1) is 39.2. The average Bonchev–Trinajstić information content (AvgIpc) is 4.37. The molecule has 0 bridgehead atoms. The molecule has 440 valence electrons. The monoisotopic (exact) mass is 1160 g/mol. The predicted molar refractivity (Wildman–Crippen MR) is 293 cm³/mol. The minimum absolute atomic E-state index is 0.00418. The Hall–Kier alpha value is -9.06. The number of carbonyl (C=O) groups is 12. The Morgan fingerprint density at radius 1 is 0.720 bits per heavy atom. The summed E-state index contributed by atoms with van der Waals surface area (Å²) in [6.07, 6.45) is 5.81. The molecule has 4 heterocycles. The fourth-order valence-corrected chi connectivity index (χ4v) is 9.71. The first-order valence-corrected chi connectivity index (χ1v) is 27.6. The van der Waals surface area contributed by atoms with Crippen LogP contribution in [0.2, 0.25) is 0 Å². The third-order valence-electron chi connectivity index (χ3n) is 13.5. The molecule has 82 heavy (non-hydrogen) atoms. The number of primary amides is 2. The number of thioether (sulfide) groups is 1. The summed E-state index contributed by atoms with van der Waals surface area (Å²) in [5.74, 6) is -9.72. The topological polar surface area (TPSA) is 453 Å². The third-order valence-corrected chi connectivity index (χ3v) is 14.1. The van der Waals surface area contributed by atoms with Crippen LogP contribution in [0.5, 0.6) is 5.75 Å². The standard InChI is InChI=1S/C52H67N15O14S/c1-82-16-14-34(47(76)65-38(20-41(53)70)52(81)67-15-4-7-40(67)51(80)57-23-42(54)71)61-44(73)24-58-45(74)35(17-27-8-10-30(69)11-9-27)62-50(79)39(25-68)66-48(77)36(18-28-21-56-32-6-3-2-5-31(28)32)63-49(78)37(19-29-22-55-26-59-29)64-46(75)33-12-13-43(72)60-33/h2-3,5-6,8-11,21-22,26,33-40,56,68-69H,4,7,12-20,23-25H2,1H3,(H2,53,70)(H2,54,71)(H,55,59)(H,57,80)(H,58,74)(H,60,72)(H,61,73)(H,62,79)(H,63,78)(H,64,75)(H,65,76)(H,66,77)/t33-,34-,35-,36-,37-,38-,39-,40-/m0/s1. The van der Waals surface area contributed by atoms with Crippen molar-refractivity contribution < 1.29 is 67.7 Å². The van der Waals surface area contributed by atoms with Gasteiger partial charge in [-0.2, -0.15) is 11.8 Å². The van der Waals surface area contributed by atoms with Crippen LogP contribution in [0.1, 0.15) is 55.3 Å². The van der Waals surface area contributed by atoms with Gasteiger partial charge in [0.25, 0.3) is 0 Å². The molecule has 0 spiro atoms. The zero-order valence-corrected chi connectivity index (χ0v) is 45.4. The molecule has 2 saturated heterocycles. The molecule has 4 aromatic rings. The highest BCUT2D eigenvalue weighted by Crippen LogP contribution is 2.22. The molecular formula is C52H67N15O14S. The van der Waals surface area contributed by atoms with Gasteiger partial charge in [-0.05, 0) is 67.0 Å². The van der Waals surface area contributed by atoms with Gasteiger partial charge in [0, 0.05) is 61.2 Å². The molecule has 2 fully saturated rings. The summed E-state index contributed by atoms with van der Waals surface area (Å²) in [6.45, 7) is -2.22. The number of nitrogens with two attached hydrogens (primary N) is 2. The van der Waals surface area contributed by atoms with Gasteiger partial charge in [-0.3, -0.25) is 57.5 Å². The number of imidazole rings is 1. The molecule has 0 radical (unpaired) electrons. The van der Waals surface area contributed by atoms with Gasteiger partial charge >= 0.3 is 0 Å². The summed E-state index contributed by atoms with van der Waals surface area (Å²) in [4.78, 5) is 171. The van der Waals surface area contributed by atoms with Crippen LogP contribution in [0.4, 0.5) is 0 Å². The molecule has 2 aromatic carbocycles. The lowest BCUT2D eigenvalue weighted by molar-refractivity contribution is -0.143. The number of carbonyl (C=O) groups excluding carboxylic acids is 12. The molecule has 2 aromatic heterocycles. The van der Waals surface area contributed by atoms with E-state index in [0.29, 0.717) is 39.9 Å². The van der Waals surface area contributed by atoms with Gasteiger partial charge in [0.2, 0.25) is 70.9 Å². The second-order valence-electron chi connectivity index (χ2n) is 19.5. The van der Waals surface area contributed by atoms with Crippen molar-refractivity contribution in [1.82, 2.24) is 67.7 Å². The van der Waals surface area contributed by atoms with Gasteiger partial charge in [-0.1, -0.05) is 30.3 Å². The first kappa shape index (κ1) is 62.1. The van der Waals surface area contributed by atoms with Crippen LogP contribution in [0.3, 0.4) is 0 Å². The molecule has 29 nitrogen and oxygen atoms in total. The van der Waals surface area contributed by atoms with Crippen molar-refractivity contribution in [2.24, 2.45) is 11.5 Å². The minimum atomic E-state index is -1.77. The highest BCUT2D eigenvalue weighted by Gasteiger charge is 2.40. The first-order valence-electron chi connectivity index (χ1n) is 26.2. The normalized spacial score (nSPS) is 16.9. The molecule has 8 atom stereocenters. The summed E-state index contributed by atoms with van der Waals surface area (Å²) in [6, 6.07) is 1.73. The number of aromatic amines is 2. The van der Waals surface area contributed by atoms with Gasteiger partial charge < -0.3 is 84.4 Å². The number of phenols is 1. The zero-order valence-electron chi connectivity index (χ0n) is 44.6. The number of aromatic hydroxyl groups is 1. The van der Waals surface area contributed by atoms with E-state index in [1.54, 1.807) is 36.7 Å². The maximum Gasteiger partial charge on any atom is 0.246 e. The van der Waals surface area contributed by atoms with E-state index in [4.69, 9.17) is 11.5 Å². The molecule has 12 amide bonds. The van der Waals surface area contributed by atoms with Gasteiger partial charge in [0.1, 0.15) is 54.1 Å². The van der Waals surface area contributed by atoms with Gasteiger partial charge in [0.05, 0.1) is 32.4 Å². The second kappa shape index (κ2) is 30.0. The lowest BCUT2D eigenvalue weighted by atomic mass is 10.0. The fourth-order valence-electron chi connectivity index (χ4n) is 9.24. The Morgan fingerprint density at radius 3 is 2.02 bits per heavy atom. The van der Waals surface area contributed by atoms with E-state index in [1.807, 2.05) is 0 Å². The van der Waals surface area contributed by atoms with Crippen LogP contribution in [-0.4, -0.2) is 188 Å². The van der Waals surface area contributed by atoms with Gasteiger partial charge in [-0.25, -0.2) is 4.98 Å². The van der Waals surface area contributed by atoms with Crippen molar-refractivity contribution >= 4 is 93.6 Å². The smallest absolute Gasteiger partial charge is 0.246 e. The molecule has 17 N–H and O–H groups in total.